The Balaban J connectivity index is 1.20. The highest BCUT2D eigenvalue weighted by Crippen LogP contribution is 2.29. The molecule has 7 nitrogen and oxygen atoms in total. The van der Waals surface area contributed by atoms with Gasteiger partial charge in [-0.2, -0.15) is 0 Å². The zero-order chi connectivity index (χ0) is 23.7. The minimum atomic E-state index is -0.633. The topological polar surface area (TPSA) is 74.9 Å². The Morgan fingerprint density at radius 3 is 2.71 bits per heavy atom. The van der Waals surface area contributed by atoms with Crippen molar-refractivity contribution in [3.8, 4) is 17.0 Å². The molecule has 1 unspecified atom stereocenters. The highest BCUT2D eigenvalue weighted by atomic mass is 35.5. The number of hydrogen-bond donors (Lipinski definition) is 1. The molecule has 1 N–H and O–H groups in total. The summed E-state index contributed by atoms with van der Waals surface area (Å²) < 4.78 is 12.9. The second-order valence-corrected chi connectivity index (χ2v) is 10.2. The molecular weight excluding hydrogens is 472 g/mol. The minimum Gasteiger partial charge on any atom is -0.472 e. The summed E-state index contributed by atoms with van der Waals surface area (Å²) in [6, 6.07) is 15.5. The zero-order valence-corrected chi connectivity index (χ0v) is 20.7. The number of nitrogens with zero attached hydrogens (tertiary/aromatic N) is 4. The summed E-state index contributed by atoms with van der Waals surface area (Å²) in [5, 5.41) is 16.3. The molecule has 0 aliphatic carbocycles. The fourth-order valence-corrected chi connectivity index (χ4v) is 5.33. The predicted molar refractivity (Wildman–Crippen MR) is 134 cm³/mol. The molecule has 2 aromatic carbocycles. The maximum Gasteiger partial charge on any atom is 0.178 e. The van der Waals surface area contributed by atoms with Gasteiger partial charge in [0.05, 0.1) is 26.8 Å². The molecule has 4 aromatic rings. The molecule has 2 aromatic heterocycles. The van der Waals surface area contributed by atoms with Gasteiger partial charge in [0.2, 0.25) is 0 Å². The minimum absolute atomic E-state index is 0.420. The number of ether oxygens (including phenoxy) is 1. The summed E-state index contributed by atoms with van der Waals surface area (Å²) in [7, 11) is 0. The molecule has 3 heterocycles. The molecule has 34 heavy (non-hydrogen) atoms. The Morgan fingerprint density at radius 1 is 1.15 bits per heavy atom. The van der Waals surface area contributed by atoms with Gasteiger partial charge in [-0.05, 0) is 32.0 Å². The van der Waals surface area contributed by atoms with Crippen LogP contribution >= 0.6 is 22.9 Å². The molecule has 1 fully saturated rings. The summed E-state index contributed by atoms with van der Waals surface area (Å²) in [5.41, 5.74) is 2.54. The van der Waals surface area contributed by atoms with Gasteiger partial charge >= 0.3 is 0 Å². The van der Waals surface area contributed by atoms with Crippen molar-refractivity contribution in [3.05, 3.63) is 64.3 Å². The van der Waals surface area contributed by atoms with E-state index in [9.17, 15) is 5.11 Å². The van der Waals surface area contributed by atoms with E-state index in [0.717, 1.165) is 64.2 Å². The lowest BCUT2D eigenvalue weighted by Crippen LogP contribution is -2.55. The molecule has 2 atom stereocenters. The number of hydrogen-bond acceptors (Lipinski definition) is 8. The fourth-order valence-electron chi connectivity index (χ4n) is 4.29. The third-order valence-corrected chi connectivity index (χ3v) is 7.27. The number of thiazole rings is 1. The molecular formula is C25H27ClN4O3S. The largest absolute Gasteiger partial charge is 0.472 e. The summed E-state index contributed by atoms with van der Waals surface area (Å²) in [6.07, 6.45) is -1.05. The van der Waals surface area contributed by atoms with Crippen molar-refractivity contribution in [1.82, 2.24) is 19.9 Å². The molecule has 0 radical (unpaired) electrons. The Labute approximate surface area is 207 Å². The molecule has 178 valence electrons. The first-order valence-corrected chi connectivity index (χ1v) is 12.5. The van der Waals surface area contributed by atoms with Gasteiger partial charge in [-0.25, -0.2) is 4.98 Å². The van der Waals surface area contributed by atoms with Gasteiger partial charge in [0, 0.05) is 43.9 Å². The molecule has 0 spiro atoms. The highest BCUT2D eigenvalue weighted by Gasteiger charge is 2.29. The average molecular weight is 499 g/mol. The van der Waals surface area contributed by atoms with Crippen LogP contribution in [0.25, 0.3) is 21.5 Å². The van der Waals surface area contributed by atoms with Crippen molar-refractivity contribution in [2.45, 2.75) is 32.7 Å². The van der Waals surface area contributed by atoms with Crippen LogP contribution in [0.1, 0.15) is 17.7 Å². The lowest BCUT2D eigenvalue weighted by Gasteiger charge is -2.39. The SMILES string of the molecule is Cc1nc2cc(OC([C@H](C)O)N3CCN(Cc4cc(-c5ccccc5Cl)no4)CC3)ccc2s1. The number of aromatic nitrogens is 2. The summed E-state index contributed by atoms with van der Waals surface area (Å²) in [5.74, 6) is 1.53. The van der Waals surface area contributed by atoms with Crippen molar-refractivity contribution in [3.63, 3.8) is 0 Å². The van der Waals surface area contributed by atoms with Crippen molar-refractivity contribution >= 4 is 33.2 Å². The third-order valence-electron chi connectivity index (χ3n) is 5.99. The number of aryl methyl sites for hydroxylation is 1. The van der Waals surface area contributed by atoms with Gasteiger partial charge in [0.25, 0.3) is 0 Å². The smallest absolute Gasteiger partial charge is 0.178 e. The number of aliphatic hydroxyl groups excluding tert-OH is 1. The monoisotopic (exact) mass is 498 g/mol. The van der Waals surface area contributed by atoms with Gasteiger partial charge in [-0.1, -0.05) is 35.0 Å². The highest BCUT2D eigenvalue weighted by molar-refractivity contribution is 7.18. The molecule has 5 rings (SSSR count). The first-order chi connectivity index (χ1) is 16.5. The van der Waals surface area contributed by atoms with Crippen LogP contribution in [0.4, 0.5) is 0 Å². The van der Waals surface area contributed by atoms with Crippen LogP contribution in [0, 0.1) is 6.92 Å². The lowest BCUT2D eigenvalue weighted by molar-refractivity contribution is -0.0756. The van der Waals surface area contributed by atoms with Crippen LogP contribution in [-0.4, -0.2) is 63.6 Å². The van der Waals surface area contributed by atoms with Crippen molar-refractivity contribution < 1.29 is 14.4 Å². The van der Waals surface area contributed by atoms with Gasteiger partial charge in [-0.15, -0.1) is 11.3 Å². The summed E-state index contributed by atoms with van der Waals surface area (Å²) >= 11 is 7.95. The second-order valence-electron chi connectivity index (χ2n) is 8.58. The maximum atomic E-state index is 10.4. The standard InChI is InChI=1S/C25H27ClN4O3S/c1-16(31)25(32-18-7-8-24-23(13-18)27-17(2)34-24)30-11-9-29(10-12-30)15-19-14-22(28-33-19)20-5-3-4-6-21(20)26/h3-8,13-14,16,25,31H,9-12,15H2,1-2H3/t16-,25?/m0/s1. The van der Waals surface area contributed by atoms with E-state index in [1.807, 2.05) is 55.5 Å². The van der Waals surface area contributed by atoms with E-state index in [4.69, 9.17) is 20.9 Å². The number of benzene rings is 2. The van der Waals surface area contributed by atoms with E-state index in [1.165, 1.54) is 0 Å². The first kappa shape index (κ1) is 23.3. The molecule has 0 saturated carbocycles. The predicted octanol–water partition coefficient (Wildman–Crippen LogP) is 4.82. The van der Waals surface area contributed by atoms with E-state index in [0.29, 0.717) is 11.6 Å². The normalized spacial score (nSPS) is 17.2. The first-order valence-electron chi connectivity index (χ1n) is 11.3. The molecule has 9 heteroatoms. The Kier molecular flexibility index (Phi) is 6.85. The molecule has 1 aliphatic rings. The Bertz CT molecular complexity index is 1270. The summed E-state index contributed by atoms with van der Waals surface area (Å²) in [4.78, 5) is 9.05. The van der Waals surface area contributed by atoms with Gasteiger partial charge in [-0.3, -0.25) is 9.80 Å². The molecule has 0 amide bonds. The zero-order valence-electron chi connectivity index (χ0n) is 19.1. The van der Waals surface area contributed by atoms with Gasteiger partial charge in [0.15, 0.2) is 12.0 Å². The number of halogens is 1. The van der Waals surface area contributed by atoms with E-state index in [1.54, 1.807) is 18.3 Å². The van der Waals surface area contributed by atoms with Crippen LogP contribution in [0.2, 0.25) is 5.02 Å². The lowest BCUT2D eigenvalue weighted by atomic mass is 10.1. The van der Waals surface area contributed by atoms with Crippen molar-refractivity contribution in [2.75, 3.05) is 26.2 Å². The second kappa shape index (κ2) is 10.0. The van der Waals surface area contributed by atoms with E-state index in [-0.39, 0.29) is 0 Å². The van der Waals surface area contributed by atoms with Crippen LogP contribution in [-0.2, 0) is 6.54 Å². The van der Waals surface area contributed by atoms with Crippen molar-refractivity contribution in [1.29, 1.82) is 0 Å². The van der Waals surface area contributed by atoms with E-state index in [2.05, 4.69) is 19.9 Å². The third kappa shape index (κ3) is 5.11. The van der Waals surface area contributed by atoms with Gasteiger partial charge in [0.1, 0.15) is 17.5 Å². The number of piperazine rings is 1. The molecule has 0 bridgehead atoms. The maximum absolute atomic E-state index is 10.4. The molecule has 1 saturated heterocycles. The van der Waals surface area contributed by atoms with Crippen LogP contribution < -0.4 is 4.74 Å². The molecule has 1 aliphatic heterocycles. The number of aliphatic hydroxyl groups is 1. The van der Waals surface area contributed by atoms with Crippen LogP contribution in [0.15, 0.2) is 53.1 Å². The van der Waals surface area contributed by atoms with Crippen LogP contribution in [0.3, 0.4) is 0 Å². The number of fused-ring (bicyclic) bond motifs is 1. The van der Waals surface area contributed by atoms with Crippen LogP contribution in [0.5, 0.6) is 5.75 Å². The van der Waals surface area contributed by atoms with E-state index >= 15 is 0 Å². The summed E-state index contributed by atoms with van der Waals surface area (Å²) in [6.45, 7) is 7.66. The quantitative estimate of drug-likeness (QED) is 0.391. The Hall–Kier alpha value is -2.49. The Morgan fingerprint density at radius 2 is 1.94 bits per heavy atom. The van der Waals surface area contributed by atoms with Crippen molar-refractivity contribution in [2.24, 2.45) is 0 Å². The number of rotatable bonds is 7. The average Bonchev–Trinajstić information content (AvgIpc) is 3.43. The fraction of sp³-hybridized carbons (Fsp3) is 0.360. The van der Waals surface area contributed by atoms with Gasteiger partial charge < -0.3 is 14.4 Å². The van der Waals surface area contributed by atoms with E-state index < -0.39 is 12.3 Å².